The van der Waals surface area contributed by atoms with E-state index in [0.717, 1.165) is 6.08 Å². The molecule has 2 rings (SSSR count). The van der Waals surface area contributed by atoms with E-state index in [1.165, 1.54) is 13.8 Å². The van der Waals surface area contributed by atoms with Crippen molar-refractivity contribution in [2.75, 3.05) is 13.2 Å². The third-order valence-electron chi connectivity index (χ3n) is 4.43. The summed E-state index contributed by atoms with van der Waals surface area (Å²) in [7, 11) is 0. The summed E-state index contributed by atoms with van der Waals surface area (Å²) in [6.45, 7) is 2.38. The second-order valence-electron chi connectivity index (χ2n) is 6.72. The highest BCUT2D eigenvalue weighted by Gasteiger charge is 2.60. The van der Waals surface area contributed by atoms with Crippen LogP contribution in [0.25, 0.3) is 0 Å². The monoisotopic (exact) mass is 491 g/mol. The molecule has 3 N–H and O–H groups in total. The minimum Gasteiger partial charge on any atom is -0.435 e. The average molecular weight is 491 g/mol. The molecule has 2 fully saturated rings. The first-order valence-corrected chi connectivity index (χ1v) is 10.1. The van der Waals surface area contributed by atoms with Gasteiger partial charge in [0.05, 0.1) is 24.3 Å². The molecule has 2 amide bonds. The van der Waals surface area contributed by atoms with E-state index in [2.05, 4.69) is 10.1 Å². The van der Waals surface area contributed by atoms with Crippen LogP contribution in [-0.2, 0) is 43.0 Å². The van der Waals surface area contributed by atoms with Gasteiger partial charge in [-0.15, -0.1) is 0 Å². The van der Waals surface area contributed by atoms with Crippen molar-refractivity contribution in [2.24, 2.45) is 11.7 Å². The molecule has 2 aliphatic rings. The SMILES string of the molecule is CCOC(=O)OC(C)OC(=O)C1(N2OC[C@H](NC(=S)C(/C=C\F)C(N)=O)C2=O)CCC(=O)O1. The molecular weight excluding hydrogens is 469 g/mol. The number of nitrogens with zero attached hydrogens (tertiary/aromatic N) is 1. The molecule has 13 nitrogen and oxygen atoms in total. The maximum absolute atomic E-state index is 12.9. The van der Waals surface area contributed by atoms with E-state index < -0.39 is 53.9 Å². The maximum atomic E-state index is 12.9. The van der Waals surface area contributed by atoms with Crippen molar-refractivity contribution in [3.63, 3.8) is 0 Å². The highest BCUT2D eigenvalue weighted by Crippen LogP contribution is 2.35. The summed E-state index contributed by atoms with van der Waals surface area (Å²) in [5.74, 6) is -5.25. The van der Waals surface area contributed by atoms with Gasteiger partial charge < -0.3 is 30.0 Å². The number of primary amides is 1. The van der Waals surface area contributed by atoms with Gasteiger partial charge in [0.1, 0.15) is 18.6 Å². The molecule has 2 saturated heterocycles. The number of cyclic esters (lactones) is 1. The van der Waals surface area contributed by atoms with Gasteiger partial charge in [0, 0.05) is 13.3 Å². The van der Waals surface area contributed by atoms with Crippen molar-refractivity contribution >= 4 is 47.1 Å². The Kier molecular flexibility index (Phi) is 8.64. The fourth-order valence-corrected chi connectivity index (χ4v) is 3.28. The van der Waals surface area contributed by atoms with E-state index in [9.17, 15) is 28.4 Å². The van der Waals surface area contributed by atoms with Gasteiger partial charge in [-0.05, 0) is 13.0 Å². The lowest BCUT2D eigenvalue weighted by Gasteiger charge is -2.33. The Labute approximate surface area is 192 Å². The predicted octanol–water partition coefficient (Wildman–Crippen LogP) is -0.274. The summed E-state index contributed by atoms with van der Waals surface area (Å²) < 4.78 is 31.9. The normalized spacial score (nSPS) is 24.2. The first-order valence-electron chi connectivity index (χ1n) is 9.65. The molecule has 0 spiro atoms. The smallest absolute Gasteiger partial charge is 0.435 e. The summed E-state index contributed by atoms with van der Waals surface area (Å²) in [4.78, 5) is 65.4. The highest BCUT2D eigenvalue weighted by molar-refractivity contribution is 7.80. The van der Waals surface area contributed by atoms with E-state index in [0.29, 0.717) is 5.06 Å². The molecule has 0 aromatic heterocycles. The summed E-state index contributed by atoms with van der Waals surface area (Å²) >= 11 is 5.00. The van der Waals surface area contributed by atoms with Crippen LogP contribution in [0.15, 0.2) is 12.4 Å². The fourth-order valence-electron chi connectivity index (χ4n) is 2.94. The Morgan fingerprint density at radius 3 is 2.64 bits per heavy atom. The molecule has 0 radical (unpaired) electrons. The fraction of sp³-hybridized carbons (Fsp3) is 0.556. The molecule has 4 atom stereocenters. The van der Waals surface area contributed by atoms with Crippen molar-refractivity contribution in [3.8, 4) is 0 Å². The molecule has 0 aliphatic carbocycles. The van der Waals surface area contributed by atoms with Gasteiger partial charge in [-0.1, -0.05) is 12.2 Å². The first kappa shape index (κ1) is 25.9. The summed E-state index contributed by atoms with van der Waals surface area (Å²) in [6, 6.07) is -1.22. The third-order valence-corrected chi connectivity index (χ3v) is 4.81. The lowest BCUT2D eigenvalue weighted by Crippen LogP contribution is -2.58. The number of carbonyl (C=O) groups is 5. The molecule has 33 heavy (non-hydrogen) atoms. The van der Waals surface area contributed by atoms with Crippen LogP contribution in [0.3, 0.4) is 0 Å². The van der Waals surface area contributed by atoms with Gasteiger partial charge in [0.2, 0.25) is 12.2 Å². The van der Waals surface area contributed by atoms with Crippen molar-refractivity contribution in [2.45, 2.75) is 44.7 Å². The Bertz CT molecular complexity index is 868. The molecule has 0 bridgehead atoms. The summed E-state index contributed by atoms with van der Waals surface area (Å²) in [5, 5.41) is 3.03. The van der Waals surface area contributed by atoms with Gasteiger partial charge in [-0.25, -0.2) is 14.0 Å². The van der Waals surface area contributed by atoms with Crippen LogP contribution < -0.4 is 11.1 Å². The maximum Gasteiger partial charge on any atom is 0.511 e. The molecule has 0 aromatic carbocycles. The lowest BCUT2D eigenvalue weighted by molar-refractivity contribution is -0.265. The van der Waals surface area contributed by atoms with Crippen LogP contribution in [0.2, 0.25) is 0 Å². The van der Waals surface area contributed by atoms with Gasteiger partial charge in [0.15, 0.2) is 0 Å². The number of esters is 2. The zero-order valence-electron chi connectivity index (χ0n) is 17.6. The van der Waals surface area contributed by atoms with E-state index in [1.807, 2.05) is 0 Å². The van der Waals surface area contributed by atoms with Crippen LogP contribution in [0.4, 0.5) is 9.18 Å². The first-order chi connectivity index (χ1) is 15.5. The standard InChI is InChI=1S/C18H22FN3O10S/c1-3-28-17(27)31-9(2)30-16(26)18(6-4-12(23)32-18)22-15(25)11(8-29-22)21-14(33)10(5-7-19)13(20)24/h5,7,9-11H,3-4,6,8H2,1-2H3,(H2,20,24)(H,21,33)/b7-5-/t9?,10?,11-,18?/m0/s1. The summed E-state index contributed by atoms with van der Waals surface area (Å²) in [5.41, 5.74) is 2.87. The van der Waals surface area contributed by atoms with E-state index in [-0.39, 0.29) is 37.4 Å². The van der Waals surface area contributed by atoms with Crippen LogP contribution in [0.5, 0.6) is 0 Å². The van der Waals surface area contributed by atoms with E-state index in [4.69, 9.17) is 37.0 Å². The minimum atomic E-state index is -2.29. The van der Waals surface area contributed by atoms with Gasteiger partial charge in [-0.3, -0.25) is 19.2 Å². The number of carbonyl (C=O) groups excluding carboxylic acids is 5. The predicted molar refractivity (Wildman–Crippen MR) is 107 cm³/mol. The molecule has 0 aromatic rings. The topological polar surface area (TPSA) is 173 Å². The van der Waals surface area contributed by atoms with Gasteiger partial charge >= 0.3 is 23.8 Å². The van der Waals surface area contributed by atoms with Crippen LogP contribution >= 0.6 is 12.2 Å². The van der Waals surface area contributed by atoms with Crippen molar-refractivity contribution in [1.29, 1.82) is 0 Å². The number of halogens is 1. The number of rotatable bonds is 9. The molecule has 3 unspecified atom stereocenters. The molecule has 182 valence electrons. The number of thiocarbonyl (C=S) groups is 1. The second-order valence-corrected chi connectivity index (χ2v) is 7.16. The quantitative estimate of drug-likeness (QED) is 0.187. The van der Waals surface area contributed by atoms with E-state index >= 15 is 0 Å². The largest absolute Gasteiger partial charge is 0.511 e. The Morgan fingerprint density at radius 1 is 1.39 bits per heavy atom. The number of nitrogens with two attached hydrogens (primary N) is 1. The zero-order valence-corrected chi connectivity index (χ0v) is 18.4. The highest BCUT2D eigenvalue weighted by atomic mass is 32.1. The Hall–Kier alpha value is -3.33. The number of amides is 2. The van der Waals surface area contributed by atoms with Gasteiger partial charge in [0.25, 0.3) is 5.91 Å². The number of nitrogens with one attached hydrogen (secondary N) is 1. The van der Waals surface area contributed by atoms with Crippen LogP contribution in [0.1, 0.15) is 26.7 Å². The number of ether oxygens (including phenoxy) is 4. The number of hydrogen-bond donors (Lipinski definition) is 2. The Morgan fingerprint density at radius 2 is 2.09 bits per heavy atom. The lowest BCUT2D eigenvalue weighted by atomic mass is 10.1. The Balaban J connectivity index is 2.15. The molecular formula is C18H22FN3O10S. The number of hydroxylamine groups is 2. The van der Waals surface area contributed by atoms with Crippen molar-refractivity contribution in [3.05, 3.63) is 12.4 Å². The molecule has 2 heterocycles. The van der Waals surface area contributed by atoms with Crippen LogP contribution in [0, 0.1) is 5.92 Å². The third kappa shape index (κ3) is 5.92. The van der Waals surface area contributed by atoms with Crippen molar-refractivity contribution in [1.82, 2.24) is 10.4 Å². The van der Waals surface area contributed by atoms with Crippen molar-refractivity contribution < 1.29 is 52.1 Å². The number of hydrogen-bond acceptors (Lipinski definition) is 11. The summed E-state index contributed by atoms with van der Waals surface area (Å²) in [6.07, 6.45) is -2.24. The minimum absolute atomic E-state index is 0.0190. The van der Waals surface area contributed by atoms with E-state index in [1.54, 1.807) is 0 Å². The van der Waals surface area contributed by atoms with Crippen LogP contribution in [-0.4, -0.2) is 71.2 Å². The molecule has 15 heteroatoms. The second kappa shape index (κ2) is 11.0. The van der Waals surface area contributed by atoms with Gasteiger partial charge in [-0.2, -0.15) is 5.06 Å². The molecule has 0 saturated carbocycles. The average Bonchev–Trinajstić information content (AvgIpc) is 3.29. The molecule has 2 aliphatic heterocycles. The zero-order chi connectivity index (χ0) is 24.8.